The van der Waals surface area contributed by atoms with Crippen LogP contribution >= 0.6 is 31.9 Å². The number of H-pyrrole nitrogens is 1. The summed E-state index contributed by atoms with van der Waals surface area (Å²) in [4.78, 5) is 17.8. The molecule has 1 amide bonds. The highest BCUT2D eigenvalue weighted by Crippen LogP contribution is 2.33. The van der Waals surface area contributed by atoms with Crippen LogP contribution in [0.2, 0.25) is 0 Å². The summed E-state index contributed by atoms with van der Waals surface area (Å²) in [6.07, 6.45) is 0.829. The number of halogens is 2. The van der Waals surface area contributed by atoms with Crippen molar-refractivity contribution < 1.29 is 9.53 Å². The van der Waals surface area contributed by atoms with Crippen LogP contribution in [0.15, 0.2) is 33.3 Å². The Hall–Kier alpha value is -1.27. The molecule has 1 aromatic heterocycles. The summed E-state index contributed by atoms with van der Waals surface area (Å²) in [5.41, 5.74) is 2.98. The van der Waals surface area contributed by atoms with Crippen molar-refractivity contribution in [1.82, 2.24) is 9.88 Å². The molecule has 0 saturated heterocycles. The first-order valence-electron chi connectivity index (χ1n) is 6.58. The molecule has 0 bridgehead atoms. The zero-order valence-electron chi connectivity index (χ0n) is 11.5. The molecule has 3 rings (SSSR count). The zero-order valence-corrected chi connectivity index (χ0v) is 14.6. The minimum Gasteiger partial charge on any atom is -0.497 e. The molecule has 0 radical (unpaired) electrons. The molecule has 0 unspecified atom stereocenters. The number of fused-ring (bicyclic) bond motifs is 1. The molecule has 0 aliphatic carbocycles. The van der Waals surface area contributed by atoms with Crippen LogP contribution in [0, 0.1) is 0 Å². The number of methoxy groups -OCH3 is 1. The molecule has 1 aromatic carbocycles. The second-order valence-corrected chi connectivity index (χ2v) is 6.50. The van der Waals surface area contributed by atoms with E-state index >= 15 is 0 Å². The summed E-state index contributed by atoms with van der Waals surface area (Å²) < 4.78 is 7.12. The van der Waals surface area contributed by atoms with Gasteiger partial charge in [0.1, 0.15) is 5.75 Å². The summed E-state index contributed by atoms with van der Waals surface area (Å²) in [5.74, 6) is 0.730. The first-order chi connectivity index (χ1) is 10.1. The number of nitrogens with zero attached hydrogens (tertiary/aromatic N) is 1. The van der Waals surface area contributed by atoms with E-state index in [2.05, 4.69) is 36.8 Å². The van der Waals surface area contributed by atoms with Crippen LogP contribution in [0.25, 0.3) is 0 Å². The number of ether oxygens (including phenoxy) is 1. The number of aromatic amines is 1. The molecule has 1 aliphatic rings. The number of rotatable bonds is 2. The summed E-state index contributed by atoms with van der Waals surface area (Å²) in [6.45, 7) is 1.32. The monoisotopic (exact) mass is 412 g/mol. The van der Waals surface area contributed by atoms with E-state index in [0.29, 0.717) is 24.4 Å². The third-order valence-electron chi connectivity index (χ3n) is 3.67. The van der Waals surface area contributed by atoms with Crippen molar-refractivity contribution in [2.45, 2.75) is 13.0 Å². The van der Waals surface area contributed by atoms with Gasteiger partial charge < -0.3 is 14.6 Å². The number of amides is 1. The molecular formula is C15H14Br2N2O2. The van der Waals surface area contributed by atoms with Crippen LogP contribution in [0.3, 0.4) is 0 Å². The highest BCUT2D eigenvalue weighted by atomic mass is 79.9. The van der Waals surface area contributed by atoms with Crippen molar-refractivity contribution in [1.29, 1.82) is 0 Å². The van der Waals surface area contributed by atoms with Gasteiger partial charge >= 0.3 is 0 Å². The molecule has 0 spiro atoms. The van der Waals surface area contributed by atoms with Crippen molar-refractivity contribution in [2.75, 3.05) is 13.7 Å². The smallest absolute Gasteiger partial charge is 0.254 e. The van der Waals surface area contributed by atoms with Gasteiger partial charge in [-0.3, -0.25) is 4.79 Å². The van der Waals surface area contributed by atoms with Crippen LogP contribution in [-0.4, -0.2) is 29.4 Å². The van der Waals surface area contributed by atoms with E-state index in [-0.39, 0.29) is 5.91 Å². The van der Waals surface area contributed by atoms with Crippen LogP contribution in [0.1, 0.15) is 21.6 Å². The third-order valence-corrected chi connectivity index (χ3v) is 5.67. The standard InChI is InChI=1S/C15H14Br2N2O2/c1-21-10-4-2-3-9(7-10)15(20)19-6-5-12-11(8-19)13(16)14(17)18-12/h2-4,7,18H,5-6,8H2,1H3. The van der Waals surface area contributed by atoms with Crippen molar-refractivity contribution in [3.05, 3.63) is 50.2 Å². The maximum atomic E-state index is 12.6. The van der Waals surface area contributed by atoms with Crippen molar-refractivity contribution in [3.63, 3.8) is 0 Å². The number of hydrogen-bond donors (Lipinski definition) is 1. The lowest BCUT2D eigenvalue weighted by Gasteiger charge is -2.27. The highest BCUT2D eigenvalue weighted by molar-refractivity contribution is 9.13. The van der Waals surface area contributed by atoms with Crippen LogP contribution < -0.4 is 4.74 Å². The molecule has 2 heterocycles. The highest BCUT2D eigenvalue weighted by Gasteiger charge is 2.26. The number of benzene rings is 1. The third kappa shape index (κ3) is 2.74. The van der Waals surface area contributed by atoms with E-state index in [0.717, 1.165) is 21.1 Å². The average Bonchev–Trinajstić information content (AvgIpc) is 2.81. The first-order valence-corrected chi connectivity index (χ1v) is 8.16. The van der Waals surface area contributed by atoms with Crippen LogP contribution in [0.5, 0.6) is 5.75 Å². The molecule has 21 heavy (non-hydrogen) atoms. The Kier molecular flexibility index (Phi) is 4.08. The van der Waals surface area contributed by atoms with E-state index in [1.165, 1.54) is 5.69 Å². The summed E-state index contributed by atoms with van der Waals surface area (Å²) in [6, 6.07) is 7.28. The zero-order chi connectivity index (χ0) is 15.0. The van der Waals surface area contributed by atoms with E-state index in [1.54, 1.807) is 13.2 Å². The van der Waals surface area contributed by atoms with Gasteiger partial charge in [0, 0.05) is 36.3 Å². The molecule has 4 nitrogen and oxygen atoms in total. The minimum atomic E-state index is 0.0313. The lowest BCUT2D eigenvalue weighted by Crippen LogP contribution is -2.35. The van der Waals surface area contributed by atoms with Gasteiger partial charge in [-0.15, -0.1) is 0 Å². The predicted octanol–water partition coefficient (Wildman–Crippen LogP) is 3.75. The second kappa shape index (κ2) is 5.85. The Balaban J connectivity index is 1.85. The topological polar surface area (TPSA) is 45.3 Å². The number of aromatic nitrogens is 1. The van der Waals surface area contributed by atoms with Gasteiger partial charge in [0.05, 0.1) is 16.2 Å². The van der Waals surface area contributed by atoms with Crippen molar-refractivity contribution >= 4 is 37.8 Å². The quantitative estimate of drug-likeness (QED) is 0.814. The van der Waals surface area contributed by atoms with Gasteiger partial charge in [-0.2, -0.15) is 0 Å². The minimum absolute atomic E-state index is 0.0313. The van der Waals surface area contributed by atoms with Crippen LogP contribution in [-0.2, 0) is 13.0 Å². The van der Waals surface area contributed by atoms with E-state index in [9.17, 15) is 4.79 Å². The second-order valence-electron chi connectivity index (χ2n) is 4.92. The Morgan fingerprint density at radius 3 is 2.95 bits per heavy atom. The largest absolute Gasteiger partial charge is 0.497 e. The van der Waals surface area contributed by atoms with Gasteiger partial charge in [-0.1, -0.05) is 6.07 Å². The van der Waals surface area contributed by atoms with E-state index in [1.807, 2.05) is 23.1 Å². The molecule has 0 saturated carbocycles. The number of carbonyl (C=O) groups is 1. The first kappa shape index (κ1) is 14.7. The Labute approximate surface area is 139 Å². The molecule has 0 atom stereocenters. The number of nitrogens with one attached hydrogen (secondary N) is 1. The predicted molar refractivity (Wildman–Crippen MR) is 87.6 cm³/mol. The van der Waals surface area contributed by atoms with Gasteiger partial charge in [-0.05, 0) is 50.1 Å². The summed E-state index contributed by atoms with van der Waals surface area (Å²) in [7, 11) is 1.60. The summed E-state index contributed by atoms with van der Waals surface area (Å²) in [5, 5.41) is 0. The van der Waals surface area contributed by atoms with Crippen molar-refractivity contribution in [2.24, 2.45) is 0 Å². The van der Waals surface area contributed by atoms with Gasteiger partial charge in [0.25, 0.3) is 5.91 Å². The molecule has 6 heteroatoms. The maximum Gasteiger partial charge on any atom is 0.254 e. The Bertz CT molecular complexity index is 697. The van der Waals surface area contributed by atoms with Crippen LogP contribution in [0.4, 0.5) is 0 Å². The van der Waals surface area contributed by atoms with Crippen molar-refractivity contribution in [3.8, 4) is 5.75 Å². The summed E-state index contributed by atoms with van der Waals surface area (Å²) >= 11 is 7.03. The fourth-order valence-corrected chi connectivity index (χ4v) is 3.48. The normalized spacial score (nSPS) is 14.0. The Morgan fingerprint density at radius 1 is 1.38 bits per heavy atom. The lowest BCUT2D eigenvalue weighted by atomic mass is 10.1. The van der Waals surface area contributed by atoms with Gasteiger partial charge in [0.2, 0.25) is 0 Å². The molecule has 0 fully saturated rings. The number of hydrogen-bond acceptors (Lipinski definition) is 2. The lowest BCUT2D eigenvalue weighted by molar-refractivity contribution is 0.0733. The number of carbonyl (C=O) groups excluding carboxylic acids is 1. The molecule has 110 valence electrons. The van der Waals surface area contributed by atoms with Gasteiger partial charge in [-0.25, -0.2) is 0 Å². The van der Waals surface area contributed by atoms with E-state index < -0.39 is 0 Å². The van der Waals surface area contributed by atoms with Gasteiger partial charge in [0.15, 0.2) is 0 Å². The molecular weight excluding hydrogens is 400 g/mol. The molecule has 1 N–H and O–H groups in total. The fourth-order valence-electron chi connectivity index (χ4n) is 2.53. The SMILES string of the molecule is COc1cccc(C(=O)N2CCc3[nH]c(Br)c(Br)c3C2)c1. The Morgan fingerprint density at radius 2 is 2.19 bits per heavy atom. The fraction of sp³-hybridized carbons (Fsp3) is 0.267. The van der Waals surface area contributed by atoms with E-state index in [4.69, 9.17) is 4.74 Å². The molecule has 1 aliphatic heterocycles. The average molecular weight is 414 g/mol. The molecule has 2 aromatic rings. The maximum absolute atomic E-state index is 12.6.